The lowest BCUT2D eigenvalue weighted by Crippen LogP contribution is -2.44. The molecule has 1 unspecified atom stereocenters. The van der Waals surface area contributed by atoms with E-state index in [1.165, 1.54) is 23.0 Å². The monoisotopic (exact) mass is 413 g/mol. The van der Waals surface area contributed by atoms with Crippen LogP contribution in [0.5, 0.6) is 0 Å². The van der Waals surface area contributed by atoms with E-state index in [2.05, 4.69) is 28.6 Å². The van der Waals surface area contributed by atoms with E-state index in [-0.39, 0.29) is 18.0 Å². The predicted octanol–water partition coefficient (Wildman–Crippen LogP) is 0.792. The average Bonchev–Trinajstić information content (AvgIpc) is 2.98. The Morgan fingerprint density at radius 1 is 1.10 bits per heavy atom. The smallest absolute Gasteiger partial charge is 0.317 e. The van der Waals surface area contributed by atoms with E-state index >= 15 is 0 Å². The van der Waals surface area contributed by atoms with Gasteiger partial charge in [0.05, 0.1) is 11.0 Å². The lowest BCUT2D eigenvalue weighted by molar-refractivity contribution is -0.135. The van der Waals surface area contributed by atoms with Crippen molar-refractivity contribution in [2.75, 3.05) is 33.2 Å². The summed E-state index contributed by atoms with van der Waals surface area (Å²) in [6.07, 6.45) is 4.00. The molecule has 2 N–H and O–H groups in total. The van der Waals surface area contributed by atoms with Crippen molar-refractivity contribution in [3.8, 4) is 0 Å². The fourth-order valence-corrected chi connectivity index (χ4v) is 4.71. The summed E-state index contributed by atoms with van der Waals surface area (Å²) in [7, 11) is 3.91. The number of piperidine rings is 2. The van der Waals surface area contributed by atoms with E-state index in [0.717, 1.165) is 49.6 Å². The summed E-state index contributed by atoms with van der Waals surface area (Å²) in [4.78, 5) is 39.0. The molecule has 0 spiro atoms. The summed E-state index contributed by atoms with van der Waals surface area (Å²) >= 11 is 0. The number of nitrogens with one attached hydrogen (secondary N) is 2. The molecule has 0 bridgehead atoms. The van der Waals surface area contributed by atoms with Gasteiger partial charge in [-0.15, -0.1) is 0 Å². The summed E-state index contributed by atoms with van der Waals surface area (Å²) in [6.45, 7) is 4.33. The van der Waals surface area contributed by atoms with Crippen molar-refractivity contribution in [2.45, 2.75) is 38.1 Å². The Bertz CT molecular complexity index is 1000. The van der Waals surface area contributed by atoms with Crippen LogP contribution >= 0.6 is 0 Å². The molecule has 1 aromatic carbocycles. The maximum atomic E-state index is 12.9. The van der Waals surface area contributed by atoms with Crippen molar-refractivity contribution < 1.29 is 9.59 Å². The molecule has 0 aliphatic carbocycles. The highest BCUT2D eigenvalue weighted by Crippen LogP contribution is 2.24. The Balaban J connectivity index is 1.49. The second kappa shape index (κ2) is 8.73. The topological polar surface area (TPSA) is 88.4 Å². The Labute approximate surface area is 176 Å². The van der Waals surface area contributed by atoms with Gasteiger partial charge in [-0.25, -0.2) is 4.79 Å². The number of nitrogens with zero attached hydrogens (tertiary/aromatic N) is 3. The van der Waals surface area contributed by atoms with E-state index < -0.39 is 11.9 Å². The molecular formula is C22H31N5O3. The highest BCUT2D eigenvalue weighted by atomic mass is 16.2. The first-order valence-corrected chi connectivity index (χ1v) is 10.9. The molecule has 3 heterocycles. The van der Waals surface area contributed by atoms with Gasteiger partial charge in [-0.1, -0.05) is 6.07 Å². The molecule has 2 aliphatic rings. The fourth-order valence-electron chi connectivity index (χ4n) is 4.71. The first kappa shape index (κ1) is 20.8. The molecule has 2 saturated heterocycles. The molecule has 30 heavy (non-hydrogen) atoms. The van der Waals surface area contributed by atoms with Gasteiger partial charge in [-0.2, -0.15) is 0 Å². The maximum absolute atomic E-state index is 12.9. The Morgan fingerprint density at radius 2 is 1.87 bits per heavy atom. The van der Waals surface area contributed by atoms with Crippen molar-refractivity contribution in [1.29, 1.82) is 0 Å². The number of amides is 2. The minimum absolute atomic E-state index is 0.223. The van der Waals surface area contributed by atoms with Gasteiger partial charge < -0.3 is 10.2 Å². The number of benzene rings is 1. The van der Waals surface area contributed by atoms with Gasteiger partial charge >= 0.3 is 5.69 Å². The Kier molecular flexibility index (Phi) is 6.06. The third kappa shape index (κ3) is 4.20. The molecule has 4 rings (SSSR count). The highest BCUT2D eigenvalue weighted by molar-refractivity contribution is 6.00. The minimum atomic E-state index is -0.638. The zero-order valence-corrected chi connectivity index (χ0v) is 17.8. The van der Waals surface area contributed by atoms with Crippen LogP contribution in [0, 0.1) is 5.92 Å². The van der Waals surface area contributed by atoms with Crippen LogP contribution in [0.15, 0.2) is 23.0 Å². The molecule has 162 valence electrons. The quantitative estimate of drug-likeness (QED) is 0.684. The largest absolute Gasteiger partial charge is 0.329 e. The van der Waals surface area contributed by atoms with Gasteiger partial charge in [0, 0.05) is 26.6 Å². The average molecular weight is 414 g/mol. The van der Waals surface area contributed by atoms with Gasteiger partial charge in [0.2, 0.25) is 11.8 Å². The van der Waals surface area contributed by atoms with E-state index in [0.29, 0.717) is 6.42 Å². The van der Waals surface area contributed by atoms with Crippen molar-refractivity contribution in [1.82, 2.24) is 24.7 Å². The predicted molar refractivity (Wildman–Crippen MR) is 115 cm³/mol. The van der Waals surface area contributed by atoms with Gasteiger partial charge in [-0.05, 0) is 69.4 Å². The van der Waals surface area contributed by atoms with Crippen LogP contribution in [0.1, 0.15) is 37.3 Å². The molecular weight excluding hydrogens is 382 g/mol. The standard InChI is InChI=1S/C22H31N5O3/c1-25(14-16-7-10-23-11-8-16)12-9-15-3-4-17-19(13-15)26(2)22(30)27(17)18-5-6-20(28)24-21(18)29/h3-4,13,16,18,23H,5-12,14H2,1-2H3,(H,24,28,29). The molecule has 1 atom stereocenters. The summed E-state index contributed by atoms with van der Waals surface area (Å²) in [6, 6.07) is 5.39. The van der Waals surface area contributed by atoms with Crippen molar-refractivity contribution in [3.63, 3.8) is 0 Å². The number of aryl methyl sites for hydroxylation is 1. The fraction of sp³-hybridized carbons (Fsp3) is 0.591. The molecule has 2 amide bonds. The molecule has 2 aromatic rings. The number of likely N-dealkylation sites (N-methyl/N-ethyl adjacent to an activating group) is 1. The van der Waals surface area contributed by atoms with Crippen molar-refractivity contribution >= 4 is 22.8 Å². The number of carbonyl (C=O) groups excluding carboxylic acids is 2. The normalized spacial score (nSPS) is 20.8. The number of fused-ring (bicyclic) bond motifs is 1. The molecule has 0 saturated carbocycles. The van der Waals surface area contributed by atoms with Gasteiger partial charge in [0.25, 0.3) is 0 Å². The zero-order valence-electron chi connectivity index (χ0n) is 17.8. The number of imidazole rings is 1. The molecule has 2 aliphatic heterocycles. The van der Waals surface area contributed by atoms with Crippen molar-refractivity contribution in [3.05, 3.63) is 34.2 Å². The van der Waals surface area contributed by atoms with Crippen LogP contribution in [0.4, 0.5) is 0 Å². The molecule has 8 heteroatoms. The number of aromatic nitrogens is 2. The summed E-state index contributed by atoms with van der Waals surface area (Å²) < 4.78 is 3.13. The van der Waals surface area contributed by atoms with Crippen LogP contribution in [-0.2, 0) is 23.1 Å². The lowest BCUT2D eigenvalue weighted by atomic mass is 9.97. The van der Waals surface area contributed by atoms with E-state index in [9.17, 15) is 14.4 Å². The van der Waals surface area contributed by atoms with Crippen LogP contribution in [0.2, 0.25) is 0 Å². The van der Waals surface area contributed by atoms with E-state index in [1.54, 1.807) is 11.6 Å². The lowest BCUT2D eigenvalue weighted by Gasteiger charge is -2.27. The SMILES string of the molecule is CN(CCc1ccc2c(c1)n(C)c(=O)n2C1CCC(=O)NC1=O)CC1CCNCC1. The third-order valence-electron chi connectivity index (χ3n) is 6.49. The molecule has 0 radical (unpaired) electrons. The van der Waals surface area contributed by atoms with Crippen LogP contribution < -0.4 is 16.3 Å². The number of rotatable bonds is 6. The Morgan fingerprint density at radius 3 is 2.60 bits per heavy atom. The van der Waals surface area contributed by atoms with Gasteiger partial charge in [-0.3, -0.25) is 24.0 Å². The summed E-state index contributed by atoms with van der Waals surface area (Å²) in [5.74, 6) is 0.0898. The van der Waals surface area contributed by atoms with Crippen LogP contribution in [0.25, 0.3) is 11.0 Å². The molecule has 1 aromatic heterocycles. The summed E-state index contributed by atoms with van der Waals surface area (Å²) in [5.41, 5.74) is 2.52. The van der Waals surface area contributed by atoms with E-state index in [1.807, 2.05) is 12.1 Å². The van der Waals surface area contributed by atoms with E-state index in [4.69, 9.17) is 0 Å². The summed E-state index contributed by atoms with van der Waals surface area (Å²) in [5, 5.41) is 5.76. The minimum Gasteiger partial charge on any atom is -0.317 e. The molecule has 8 nitrogen and oxygen atoms in total. The molecule has 2 fully saturated rings. The number of hydrogen-bond acceptors (Lipinski definition) is 5. The highest BCUT2D eigenvalue weighted by Gasteiger charge is 2.31. The zero-order chi connectivity index (χ0) is 21.3. The maximum Gasteiger partial charge on any atom is 0.329 e. The first-order valence-electron chi connectivity index (χ1n) is 10.9. The van der Waals surface area contributed by atoms with Crippen LogP contribution in [0.3, 0.4) is 0 Å². The van der Waals surface area contributed by atoms with Crippen molar-refractivity contribution in [2.24, 2.45) is 13.0 Å². The second-order valence-corrected chi connectivity index (χ2v) is 8.71. The van der Waals surface area contributed by atoms with Gasteiger partial charge in [0.1, 0.15) is 6.04 Å². The van der Waals surface area contributed by atoms with Crippen LogP contribution in [-0.4, -0.2) is 59.1 Å². The Hall–Kier alpha value is -2.45. The first-order chi connectivity index (χ1) is 14.4. The number of imide groups is 1. The third-order valence-corrected chi connectivity index (χ3v) is 6.49. The van der Waals surface area contributed by atoms with Gasteiger partial charge in [0.15, 0.2) is 0 Å². The number of hydrogen-bond donors (Lipinski definition) is 2. The number of carbonyl (C=O) groups is 2. The second-order valence-electron chi connectivity index (χ2n) is 8.71.